The average molecular weight is 1020 g/mol. The zero-order chi connectivity index (χ0) is 51.9. The number of carbonyl (C=O) groups excluding carboxylic acids is 5. The van der Waals surface area contributed by atoms with Gasteiger partial charge in [0.1, 0.15) is 5.78 Å². The fourth-order valence-corrected chi connectivity index (χ4v) is 13.4. The van der Waals surface area contributed by atoms with Gasteiger partial charge in [0, 0.05) is 60.6 Å². The van der Waals surface area contributed by atoms with Gasteiger partial charge in [0.05, 0.1) is 62.4 Å². The third-order valence-electron chi connectivity index (χ3n) is 13.4. The molecule has 2 aromatic carbocycles. The number of aromatic nitrogens is 2. The van der Waals surface area contributed by atoms with Gasteiger partial charge in [-0.1, -0.05) is 104 Å². The van der Waals surface area contributed by atoms with Crippen LogP contribution >= 0.6 is 34.4 Å². The van der Waals surface area contributed by atoms with Gasteiger partial charge in [0.15, 0.2) is 11.6 Å². The lowest BCUT2D eigenvalue weighted by atomic mass is 9.75. The fraction of sp³-hybridized carbons (Fsp3) is 0.589. The number of ketones is 3. The number of benzene rings is 2. The molecule has 6 rings (SSSR count). The van der Waals surface area contributed by atoms with Crippen LogP contribution in [-0.2, 0) is 36.8 Å². The van der Waals surface area contributed by atoms with E-state index in [1.165, 1.54) is 11.8 Å². The molecule has 382 valence electrons. The Balaban J connectivity index is 0.000000262. The predicted octanol–water partition coefficient (Wildman–Crippen LogP) is 10.8. The molecule has 2 amide bonds. The van der Waals surface area contributed by atoms with Crippen molar-refractivity contribution in [3.8, 4) is 20.9 Å². The van der Waals surface area contributed by atoms with Crippen molar-refractivity contribution in [3.63, 3.8) is 0 Å². The number of hydrogen-bond donors (Lipinski definition) is 2. The quantitative estimate of drug-likeness (QED) is 0.0983. The third kappa shape index (κ3) is 15.5. The second-order valence-electron chi connectivity index (χ2n) is 22.5. The second kappa shape index (κ2) is 24.1. The van der Waals surface area contributed by atoms with Gasteiger partial charge in [-0.05, 0) is 87.5 Å². The number of carbonyl (C=O) groups is 5. The molecule has 4 aromatic rings. The molecule has 11 nitrogen and oxygen atoms in total. The molecule has 2 aliphatic heterocycles. The van der Waals surface area contributed by atoms with Crippen molar-refractivity contribution in [2.45, 2.75) is 175 Å². The number of aryl methyl sites for hydroxylation is 4. The van der Waals surface area contributed by atoms with Crippen LogP contribution in [-0.4, -0.2) is 106 Å². The summed E-state index contributed by atoms with van der Waals surface area (Å²) < 4.78 is -0.618. The Bertz CT molecular complexity index is 2410. The van der Waals surface area contributed by atoms with E-state index in [4.69, 9.17) is 0 Å². The van der Waals surface area contributed by atoms with Gasteiger partial charge in [-0.3, -0.25) is 19.2 Å². The molecule has 0 aliphatic carbocycles. The zero-order valence-electron chi connectivity index (χ0n) is 43.8. The number of hydrogen-bond acceptors (Lipinski definition) is 12. The van der Waals surface area contributed by atoms with E-state index in [0.717, 1.165) is 44.9 Å². The number of thiazole rings is 2. The summed E-state index contributed by atoms with van der Waals surface area (Å²) >= 11 is 4.90. The van der Waals surface area contributed by atoms with E-state index in [1.54, 1.807) is 44.2 Å². The van der Waals surface area contributed by atoms with Gasteiger partial charge in [-0.15, -0.1) is 34.4 Å². The zero-order valence-corrected chi connectivity index (χ0v) is 46.3. The van der Waals surface area contributed by atoms with Crippen LogP contribution in [0.25, 0.3) is 20.9 Å². The summed E-state index contributed by atoms with van der Waals surface area (Å²) in [5, 5.41) is 20.7. The van der Waals surface area contributed by atoms with Gasteiger partial charge in [0.2, 0.25) is 11.8 Å². The van der Waals surface area contributed by atoms with Gasteiger partial charge in [0.25, 0.3) is 0 Å². The lowest BCUT2D eigenvalue weighted by Crippen LogP contribution is -2.49. The first-order valence-corrected chi connectivity index (χ1v) is 27.4. The van der Waals surface area contributed by atoms with E-state index in [0.29, 0.717) is 31.6 Å². The molecule has 0 radical (unpaired) electrons. The van der Waals surface area contributed by atoms with Crippen LogP contribution in [0.3, 0.4) is 0 Å². The van der Waals surface area contributed by atoms with Crippen LogP contribution in [0, 0.1) is 37.0 Å². The summed E-state index contributed by atoms with van der Waals surface area (Å²) in [5.41, 5.74) is 9.92. The molecule has 0 spiro atoms. The van der Waals surface area contributed by atoms with Gasteiger partial charge >= 0.3 is 0 Å². The van der Waals surface area contributed by atoms with Crippen LogP contribution in [0.5, 0.6) is 0 Å². The Labute approximate surface area is 429 Å². The summed E-state index contributed by atoms with van der Waals surface area (Å²) in [6.07, 6.45) is 1.96. The number of thioether (sulfide) groups is 1. The number of aliphatic hydroxyl groups excluding tert-OH is 2. The SMILES string of the molecule is CC(=O)C[C@H](C(=O)N1C[C@H](O)C[C@H]1C(=O)CCc1ccc(-c2scnc2C)cc1)C(C)(C)SC(C)(C)C.Cc1ncsc1-c1ccc(CCC(=O)[C@@H]2C[C@@H](O)CN2C(=O)[C@@H](CC(C)C)C(C)(C)C)cc1. The molecule has 70 heavy (non-hydrogen) atoms. The molecule has 2 fully saturated rings. The minimum Gasteiger partial charge on any atom is -0.391 e. The van der Waals surface area contributed by atoms with Gasteiger partial charge < -0.3 is 24.8 Å². The minimum absolute atomic E-state index is 0.00961. The van der Waals surface area contributed by atoms with E-state index in [2.05, 4.69) is 102 Å². The fourth-order valence-electron chi connectivity index (χ4n) is 9.87. The first-order valence-electron chi connectivity index (χ1n) is 24.9. The van der Waals surface area contributed by atoms with E-state index in [1.807, 2.05) is 50.8 Å². The van der Waals surface area contributed by atoms with Gasteiger partial charge in [-0.2, -0.15) is 0 Å². The van der Waals surface area contributed by atoms with Crippen molar-refractivity contribution < 1.29 is 34.2 Å². The molecule has 6 atom stereocenters. The van der Waals surface area contributed by atoms with E-state index in [-0.39, 0.29) is 77.6 Å². The first kappa shape index (κ1) is 56.8. The maximum atomic E-state index is 13.8. The topological polar surface area (TPSA) is 158 Å². The maximum absolute atomic E-state index is 13.8. The average Bonchev–Trinajstić information content (AvgIpc) is 4.09. The van der Waals surface area contributed by atoms with Crippen LogP contribution in [0.2, 0.25) is 0 Å². The van der Waals surface area contributed by atoms with E-state index in [9.17, 15) is 34.2 Å². The highest BCUT2D eigenvalue weighted by Crippen LogP contribution is 2.44. The van der Waals surface area contributed by atoms with Crippen molar-refractivity contribution in [2.24, 2.45) is 23.2 Å². The lowest BCUT2D eigenvalue weighted by molar-refractivity contribution is -0.144. The highest BCUT2D eigenvalue weighted by atomic mass is 32.2. The van der Waals surface area contributed by atoms with Crippen molar-refractivity contribution in [1.82, 2.24) is 19.8 Å². The number of nitrogens with zero attached hydrogens (tertiary/aromatic N) is 4. The Morgan fingerprint density at radius 1 is 0.671 bits per heavy atom. The van der Waals surface area contributed by atoms with Crippen LogP contribution in [0.4, 0.5) is 0 Å². The molecule has 2 aliphatic rings. The van der Waals surface area contributed by atoms with Crippen LogP contribution < -0.4 is 0 Å². The Hall–Kier alpha value is -4.08. The van der Waals surface area contributed by atoms with Crippen LogP contribution in [0.15, 0.2) is 59.6 Å². The summed E-state index contributed by atoms with van der Waals surface area (Å²) in [5.74, 6) is -0.614. The first-order chi connectivity index (χ1) is 32.6. The largest absolute Gasteiger partial charge is 0.391 e. The molecular weight excluding hydrogens is 937 g/mol. The highest BCUT2D eigenvalue weighted by Gasteiger charge is 2.47. The van der Waals surface area contributed by atoms with E-state index < -0.39 is 35.0 Å². The molecule has 0 bridgehead atoms. The Kier molecular flexibility index (Phi) is 19.6. The second-order valence-corrected chi connectivity index (χ2v) is 26.7. The smallest absolute Gasteiger partial charge is 0.228 e. The standard InChI is InChI=1S/C29H40N2O4S2.C27H38N2O3S/c1-18(32)14-23(29(6,7)37-28(3,4)5)27(35)31-16-22(33)15-24(31)25(34)13-10-20-8-11-21(12-9-20)26-19(2)30-17-36-26;1-17(2)13-22(27(4,5)6)26(32)29-15-21(30)14-23(29)24(31)12-9-19-7-10-20(11-8-19)25-18(3)28-16-33-25/h8-9,11-12,17,22-24,33H,10,13-16H2,1-7H3;7-8,10-11,16-17,21-23,30H,9,12-15H2,1-6H3/t22-,23-,24+;21-,22-,23+/m11/s1. The number of amides is 2. The molecule has 0 saturated carbocycles. The number of rotatable bonds is 18. The van der Waals surface area contributed by atoms with Crippen molar-refractivity contribution in [1.29, 1.82) is 0 Å². The van der Waals surface area contributed by atoms with Crippen molar-refractivity contribution in [3.05, 3.63) is 82.1 Å². The number of Topliss-reactive ketones (excluding diaryl/α,β-unsaturated/α-hetero) is 3. The van der Waals surface area contributed by atoms with Crippen LogP contribution in [0.1, 0.15) is 137 Å². The summed E-state index contributed by atoms with van der Waals surface area (Å²) in [6, 6.07) is 15.3. The molecular formula is C56H78N4O7S3. The van der Waals surface area contributed by atoms with Gasteiger partial charge in [-0.25, -0.2) is 9.97 Å². The van der Waals surface area contributed by atoms with E-state index >= 15 is 0 Å². The maximum Gasteiger partial charge on any atom is 0.228 e. The molecule has 2 saturated heterocycles. The molecule has 2 N–H and O–H groups in total. The predicted molar refractivity (Wildman–Crippen MR) is 286 cm³/mol. The number of β-amino-alcohol motifs (C(OH)–C–C–N with tert-alkyl or cyclic N) is 2. The summed E-state index contributed by atoms with van der Waals surface area (Å²) in [6.45, 7) is 26.6. The number of aliphatic hydroxyl groups is 2. The Morgan fingerprint density at radius 3 is 1.40 bits per heavy atom. The normalized spacial score (nSPS) is 19.5. The van der Waals surface area contributed by atoms with Crippen molar-refractivity contribution in [2.75, 3.05) is 13.1 Å². The molecule has 2 aromatic heterocycles. The molecule has 0 unspecified atom stereocenters. The summed E-state index contributed by atoms with van der Waals surface area (Å²) in [4.78, 5) is 80.1. The molecule has 14 heteroatoms. The molecule has 4 heterocycles. The monoisotopic (exact) mass is 1010 g/mol. The highest BCUT2D eigenvalue weighted by molar-refractivity contribution is 8.01. The minimum atomic E-state index is -0.740. The Morgan fingerprint density at radius 2 is 1.07 bits per heavy atom. The summed E-state index contributed by atoms with van der Waals surface area (Å²) in [7, 11) is 0. The number of likely N-dealkylation sites (tertiary alicyclic amines) is 2. The lowest BCUT2D eigenvalue weighted by Gasteiger charge is -2.40. The van der Waals surface area contributed by atoms with Crippen molar-refractivity contribution >= 4 is 63.6 Å². The third-order valence-corrected chi connectivity index (χ3v) is 16.7.